The third kappa shape index (κ3) is 3.04. The van der Waals surface area contributed by atoms with Crippen LogP contribution in [0.25, 0.3) is 0 Å². The lowest BCUT2D eigenvalue weighted by Gasteiger charge is -2.23. The highest BCUT2D eigenvalue weighted by Gasteiger charge is 2.19. The van der Waals surface area contributed by atoms with Gasteiger partial charge in [-0.1, -0.05) is 6.07 Å². The summed E-state index contributed by atoms with van der Waals surface area (Å²) in [6.07, 6.45) is 1.61. The highest BCUT2D eigenvalue weighted by atomic mass is 79.9. The number of hydrogen-bond acceptors (Lipinski definition) is 2. The minimum Gasteiger partial charge on any atom is -0.381 e. The summed E-state index contributed by atoms with van der Waals surface area (Å²) >= 11 is 3.09. The highest BCUT2D eigenvalue weighted by Crippen LogP contribution is 2.20. The van der Waals surface area contributed by atoms with Crippen LogP contribution in [0.3, 0.4) is 0 Å². The molecule has 0 aliphatic carbocycles. The molecule has 1 heterocycles. The van der Waals surface area contributed by atoms with E-state index in [0.717, 1.165) is 12.8 Å². The first-order chi connectivity index (χ1) is 8.18. The van der Waals surface area contributed by atoms with E-state index in [9.17, 15) is 9.18 Å². The van der Waals surface area contributed by atoms with E-state index in [1.54, 1.807) is 6.07 Å². The van der Waals surface area contributed by atoms with Gasteiger partial charge in [0, 0.05) is 19.3 Å². The first kappa shape index (κ1) is 12.5. The summed E-state index contributed by atoms with van der Waals surface area (Å²) in [5.74, 6) is -0.673. The first-order valence-electron chi connectivity index (χ1n) is 5.51. The van der Waals surface area contributed by atoms with Gasteiger partial charge in [-0.15, -0.1) is 0 Å². The average molecular weight is 302 g/mol. The summed E-state index contributed by atoms with van der Waals surface area (Å²) in [5.41, 5.74) is 0.330. The van der Waals surface area contributed by atoms with Crippen LogP contribution < -0.4 is 5.32 Å². The van der Waals surface area contributed by atoms with Gasteiger partial charge in [-0.3, -0.25) is 4.79 Å². The van der Waals surface area contributed by atoms with Crippen molar-refractivity contribution >= 4 is 21.8 Å². The number of carbonyl (C=O) groups excluding carboxylic acids is 1. The van der Waals surface area contributed by atoms with Gasteiger partial charge in [0.05, 0.1) is 10.0 Å². The third-order valence-corrected chi connectivity index (χ3v) is 3.56. The molecular formula is C12H13BrFNO2. The molecule has 1 saturated heterocycles. The lowest BCUT2D eigenvalue weighted by Crippen LogP contribution is -2.39. The Labute approximate surface area is 107 Å². The van der Waals surface area contributed by atoms with Crippen LogP contribution in [0.4, 0.5) is 4.39 Å². The lowest BCUT2D eigenvalue weighted by molar-refractivity contribution is 0.0696. The lowest BCUT2D eigenvalue weighted by atomic mass is 10.1. The van der Waals surface area contributed by atoms with Gasteiger partial charge in [-0.25, -0.2) is 4.39 Å². The zero-order chi connectivity index (χ0) is 12.3. The van der Waals surface area contributed by atoms with Gasteiger partial charge in [0.1, 0.15) is 5.82 Å². The van der Waals surface area contributed by atoms with Crippen LogP contribution in [0.15, 0.2) is 22.7 Å². The smallest absolute Gasteiger partial charge is 0.252 e. The van der Waals surface area contributed by atoms with E-state index < -0.39 is 5.82 Å². The van der Waals surface area contributed by atoms with Gasteiger partial charge < -0.3 is 10.1 Å². The SMILES string of the molecule is O=C(NC1CCOCC1)c1cccc(F)c1Br. The van der Waals surface area contributed by atoms with E-state index >= 15 is 0 Å². The van der Waals surface area contributed by atoms with E-state index in [1.165, 1.54) is 12.1 Å². The van der Waals surface area contributed by atoms with Crippen molar-refractivity contribution in [2.24, 2.45) is 0 Å². The molecule has 17 heavy (non-hydrogen) atoms. The number of carbonyl (C=O) groups is 1. The van der Waals surface area contributed by atoms with Crippen molar-refractivity contribution in [1.29, 1.82) is 0 Å². The van der Waals surface area contributed by atoms with Crippen molar-refractivity contribution in [2.75, 3.05) is 13.2 Å². The molecule has 0 bridgehead atoms. The molecule has 1 aliphatic rings. The molecular weight excluding hydrogens is 289 g/mol. The van der Waals surface area contributed by atoms with Crippen molar-refractivity contribution in [3.8, 4) is 0 Å². The number of hydrogen-bond donors (Lipinski definition) is 1. The molecule has 3 nitrogen and oxygen atoms in total. The summed E-state index contributed by atoms with van der Waals surface area (Å²) in [7, 11) is 0. The molecule has 0 unspecified atom stereocenters. The monoisotopic (exact) mass is 301 g/mol. The van der Waals surface area contributed by atoms with E-state index in [2.05, 4.69) is 21.2 Å². The summed E-state index contributed by atoms with van der Waals surface area (Å²) in [6.45, 7) is 1.32. The summed E-state index contributed by atoms with van der Waals surface area (Å²) in [6, 6.07) is 4.56. The van der Waals surface area contributed by atoms with Crippen molar-refractivity contribution in [2.45, 2.75) is 18.9 Å². The molecule has 1 amide bonds. The maximum absolute atomic E-state index is 13.3. The van der Waals surface area contributed by atoms with Gasteiger partial charge in [0.2, 0.25) is 0 Å². The van der Waals surface area contributed by atoms with E-state index in [4.69, 9.17) is 4.74 Å². The van der Waals surface area contributed by atoms with Crippen LogP contribution in [-0.2, 0) is 4.74 Å². The second-order valence-electron chi connectivity index (χ2n) is 3.96. The minimum atomic E-state index is -0.426. The van der Waals surface area contributed by atoms with Gasteiger partial charge in [-0.2, -0.15) is 0 Å². The molecule has 0 aromatic heterocycles. The van der Waals surface area contributed by atoms with Gasteiger partial charge >= 0.3 is 0 Å². The molecule has 1 aromatic rings. The summed E-state index contributed by atoms with van der Waals surface area (Å²) < 4.78 is 18.7. The van der Waals surface area contributed by atoms with Crippen molar-refractivity contribution in [3.63, 3.8) is 0 Å². The van der Waals surface area contributed by atoms with Crippen molar-refractivity contribution in [1.82, 2.24) is 5.32 Å². The number of amides is 1. The molecule has 1 N–H and O–H groups in total. The maximum atomic E-state index is 13.3. The fourth-order valence-corrected chi connectivity index (χ4v) is 2.23. The molecule has 5 heteroatoms. The number of nitrogens with one attached hydrogen (secondary N) is 1. The number of halogens is 2. The van der Waals surface area contributed by atoms with Gasteiger partial charge in [0.15, 0.2) is 0 Å². The van der Waals surface area contributed by atoms with Gasteiger partial charge in [0.25, 0.3) is 5.91 Å². The van der Waals surface area contributed by atoms with Crippen molar-refractivity contribution in [3.05, 3.63) is 34.1 Å². The topological polar surface area (TPSA) is 38.3 Å². The summed E-state index contributed by atoms with van der Waals surface area (Å²) in [4.78, 5) is 11.9. The Morgan fingerprint density at radius 2 is 2.12 bits per heavy atom. The molecule has 2 rings (SSSR count). The van der Waals surface area contributed by atoms with Crippen LogP contribution in [0, 0.1) is 5.82 Å². The van der Waals surface area contributed by atoms with Gasteiger partial charge in [-0.05, 0) is 40.9 Å². The quantitative estimate of drug-likeness (QED) is 0.911. The Morgan fingerprint density at radius 3 is 2.82 bits per heavy atom. The molecule has 1 aliphatic heterocycles. The molecule has 0 spiro atoms. The maximum Gasteiger partial charge on any atom is 0.252 e. The Morgan fingerprint density at radius 1 is 1.41 bits per heavy atom. The molecule has 0 atom stereocenters. The van der Waals surface area contributed by atoms with E-state index in [-0.39, 0.29) is 16.4 Å². The molecule has 92 valence electrons. The predicted molar refractivity (Wildman–Crippen MR) is 65.4 cm³/mol. The second-order valence-corrected chi connectivity index (χ2v) is 4.75. The zero-order valence-electron chi connectivity index (χ0n) is 9.21. The second kappa shape index (κ2) is 5.60. The number of ether oxygens (including phenoxy) is 1. The zero-order valence-corrected chi connectivity index (χ0v) is 10.8. The highest BCUT2D eigenvalue weighted by molar-refractivity contribution is 9.10. The molecule has 1 fully saturated rings. The minimum absolute atomic E-state index is 0.117. The fourth-order valence-electron chi connectivity index (χ4n) is 1.78. The van der Waals surface area contributed by atoms with E-state index in [1.807, 2.05) is 0 Å². The fraction of sp³-hybridized carbons (Fsp3) is 0.417. The van der Waals surface area contributed by atoms with Crippen molar-refractivity contribution < 1.29 is 13.9 Å². The third-order valence-electron chi connectivity index (χ3n) is 2.75. The predicted octanol–water partition coefficient (Wildman–Crippen LogP) is 2.50. The first-order valence-corrected chi connectivity index (χ1v) is 6.30. The Hall–Kier alpha value is -0.940. The molecule has 1 aromatic carbocycles. The Bertz CT molecular complexity index is 419. The molecule has 0 saturated carbocycles. The average Bonchev–Trinajstić information content (AvgIpc) is 2.34. The molecule has 0 radical (unpaired) electrons. The Balaban J connectivity index is 2.06. The standard InChI is InChI=1S/C12H13BrFNO2/c13-11-9(2-1-3-10(11)14)12(16)15-8-4-6-17-7-5-8/h1-3,8H,4-7H2,(H,15,16). The van der Waals surface area contributed by atoms with Crippen LogP contribution in [-0.4, -0.2) is 25.2 Å². The number of rotatable bonds is 2. The van der Waals surface area contributed by atoms with E-state index in [0.29, 0.717) is 18.8 Å². The normalized spacial score (nSPS) is 16.8. The van der Waals surface area contributed by atoms with Crippen LogP contribution in [0.1, 0.15) is 23.2 Å². The van der Waals surface area contributed by atoms with Crippen LogP contribution >= 0.6 is 15.9 Å². The largest absolute Gasteiger partial charge is 0.381 e. The summed E-state index contributed by atoms with van der Waals surface area (Å²) in [5, 5.41) is 2.89. The number of benzene rings is 1. The Kier molecular flexibility index (Phi) is 4.12. The van der Waals surface area contributed by atoms with Crippen LogP contribution in [0.2, 0.25) is 0 Å². The van der Waals surface area contributed by atoms with Crippen LogP contribution in [0.5, 0.6) is 0 Å².